The van der Waals surface area contributed by atoms with Crippen molar-refractivity contribution in [3.8, 4) is 5.75 Å². The van der Waals surface area contributed by atoms with Crippen molar-refractivity contribution >= 4 is 27.3 Å². The minimum absolute atomic E-state index is 0.0211. The Morgan fingerprint density at radius 2 is 1.86 bits per heavy atom. The van der Waals surface area contributed by atoms with E-state index in [2.05, 4.69) is 4.72 Å². The highest BCUT2D eigenvalue weighted by atomic mass is 35.5. The Balaban J connectivity index is 2.50. The van der Waals surface area contributed by atoms with E-state index in [0.29, 0.717) is 5.56 Å². The maximum Gasteiger partial charge on any atom is 0.263 e. The number of nitrogens with one attached hydrogen (secondary N) is 1. The number of phenolic OH excluding ortho intramolecular Hbond substituents is 1. The molecule has 2 rings (SSSR count). The number of anilines is 1. The standard InChI is InChI=1S/C14H13ClFNO3S/c1-8-5-9(2)14(18)12(6-8)17-21(19,20)13-7-10(16)3-4-11(13)15/h3-7,17-18H,1-2H3. The van der Waals surface area contributed by atoms with Gasteiger partial charge in [0.05, 0.1) is 10.7 Å². The Hall–Kier alpha value is -1.79. The van der Waals surface area contributed by atoms with E-state index in [9.17, 15) is 17.9 Å². The highest BCUT2D eigenvalue weighted by Crippen LogP contribution is 2.32. The lowest BCUT2D eigenvalue weighted by Gasteiger charge is -2.13. The van der Waals surface area contributed by atoms with Crippen molar-refractivity contribution in [3.63, 3.8) is 0 Å². The van der Waals surface area contributed by atoms with Gasteiger partial charge < -0.3 is 5.11 Å². The first-order valence-electron chi connectivity index (χ1n) is 5.99. The molecule has 0 aromatic heterocycles. The van der Waals surface area contributed by atoms with Crippen LogP contribution >= 0.6 is 11.6 Å². The van der Waals surface area contributed by atoms with Gasteiger partial charge >= 0.3 is 0 Å². The Morgan fingerprint density at radius 1 is 1.19 bits per heavy atom. The van der Waals surface area contributed by atoms with Crippen molar-refractivity contribution < 1.29 is 17.9 Å². The molecule has 4 nitrogen and oxygen atoms in total. The Bertz CT molecular complexity index is 806. The number of halogens is 2. The summed E-state index contributed by atoms with van der Waals surface area (Å²) in [6.45, 7) is 3.41. The smallest absolute Gasteiger partial charge is 0.263 e. The SMILES string of the molecule is Cc1cc(C)c(O)c(NS(=O)(=O)c2cc(F)ccc2Cl)c1. The number of hydrogen-bond donors (Lipinski definition) is 2. The molecular formula is C14H13ClFNO3S. The minimum Gasteiger partial charge on any atom is -0.505 e. The average molecular weight is 330 g/mol. The van der Waals surface area contributed by atoms with Crippen molar-refractivity contribution in [1.29, 1.82) is 0 Å². The number of phenols is 1. The van der Waals surface area contributed by atoms with Gasteiger partial charge in [-0.1, -0.05) is 17.7 Å². The van der Waals surface area contributed by atoms with E-state index in [1.165, 1.54) is 6.07 Å². The molecule has 2 aromatic carbocycles. The molecule has 112 valence electrons. The van der Waals surface area contributed by atoms with Gasteiger partial charge in [-0.05, 0) is 49.2 Å². The Kier molecular flexibility index (Phi) is 4.11. The van der Waals surface area contributed by atoms with Gasteiger partial charge in [0.1, 0.15) is 16.5 Å². The first-order valence-corrected chi connectivity index (χ1v) is 7.85. The molecule has 2 aromatic rings. The van der Waals surface area contributed by atoms with Crippen LogP contribution in [0.3, 0.4) is 0 Å². The van der Waals surface area contributed by atoms with Crippen LogP contribution in [0.15, 0.2) is 35.2 Å². The van der Waals surface area contributed by atoms with Crippen molar-refractivity contribution in [2.24, 2.45) is 0 Å². The van der Waals surface area contributed by atoms with Gasteiger partial charge in [-0.2, -0.15) is 0 Å². The van der Waals surface area contributed by atoms with Gasteiger partial charge in [0, 0.05) is 0 Å². The molecule has 21 heavy (non-hydrogen) atoms. The van der Waals surface area contributed by atoms with Crippen LogP contribution in [0.5, 0.6) is 5.75 Å². The molecule has 0 heterocycles. The van der Waals surface area contributed by atoms with Crippen LogP contribution in [0.2, 0.25) is 5.02 Å². The van der Waals surface area contributed by atoms with E-state index in [0.717, 1.165) is 23.8 Å². The molecule has 0 fully saturated rings. The second kappa shape index (κ2) is 5.54. The van der Waals surface area contributed by atoms with Crippen LogP contribution in [0.1, 0.15) is 11.1 Å². The zero-order valence-corrected chi connectivity index (χ0v) is 12.9. The molecule has 0 amide bonds. The molecule has 0 unspecified atom stereocenters. The van der Waals surface area contributed by atoms with Crippen LogP contribution in [0.4, 0.5) is 10.1 Å². The quantitative estimate of drug-likeness (QED) is 0.845. The average Bonchev–Trinajstić information content (AvgIpc) is 2.37. The molecule has 0 aliphatic rings. The first-order chi connectivity index (χ1) is 9.70. The van der Waals surface area contributed by atoms with E-state index in [1.54, 1.807) is 19.9 Å². The van der Waals surface area contributed by atoms with Crippen LogP contribution in [-0.2, 0) is 10.0 Å². The van der Waals surface area contributed by atoms with Crippen LogP contribution in [-0.4, -0.2) is 13.5 Å². The number of hydrogen-bond acceptors (Lipinski definition) is 3. The molecule has 0 bridgehead atoms. The summed E-state index contributed by atoms with van der Waals surface area (Å²) in [6, 6.07) is 6.24. The van der Waals surface area contributed by atoms with Crippen molar-refractivity contribution in [3.05, 3.63) is 52.3 Å². The number of rotatable bonds is 3. The summed E-state index contributed by atoms with van der Waals surface area (Å²) in [5.41, 5.74) is 1.32. The zero-order valence-electron chi connectivity index (χ0n) is 11.3. The van der Waals surface area contributed by atoms with E-state index in [1.807, 2.05) is 0 Å². The molecule has 7 heteroatoms. The highest BCUT2D eigenvalue weighted by molar-refractivity contribution is 7.92. The minimum atomic E-state index is -4.10. The van der Waals surface area contributed by atoms with Gasteiger partial charge in [-0.3, -0.25) is 4.72 Å². The van der Waals surface area contributed by atoms with E-state index in [-0.39, 0.29) is 21.4 Å². The monoisotopic (exact) mass is 329 g/mol. The number of aryl methyl sites for hydroxylation is 2. The largest absolute Gasteiger partial charge is 0.505 e. The van der Waals surface area contributed by atoms with Crippen LogP contribution in [0.25, 0.3) is 0 Å². The Morgan fingerprint density at radius 3 is 2.52 bits per heavy atom. The van der Waals surface area contributed by atoms with Crippen LogP contribution in [0, 0.1) is 19.7 Å². The molecule has 0 spiro atoms. The third-order valence-corrected chi connectivity index (χ3v) is 4.72. The predicted octanol–water partition coefficient (Wildman–Crippen LogP) is 3.60. The predicted molar refractivity (Wildman–Crippen MR) is 79.8 cm³/mol. The topological polar surface area (TPSA) is 66.4 Å². The fraction of sp³-hybridized carbons (Fsp3) is 0.143. The molecule has 0 aliphatic heterocycles. The molecular weight excluding hydrogens is 317 g/mol. The molecule has 0 atom stereocenters. The summed E-state index contributed by atoms with van der Waals surface area (Å²) in [4.78, 5) is -0.386. The van der Waals surface area contributed by atoms with Gasteiger partial charge in [0.25, 0.3) is 10.0 Å². The third kappa shape index (κ3) is 3.28. The lowest BCUT2D eigenvalue weighted by atomic mass is 10.1. The summed E-state index contributed by atoms with van der Waals surface area (Å²) in [5.74, 6) is -0.902. The summed E-state index contributed by atoms with van der Waals surface area (Å²) >= 11 is 5.80. The number of sulfonamides is 1. The molecule has 0 radical (unpaired) electrons. The second-order valence-corrected chi connectivity index (χ2v) is 6.72. The normalized spacial score (nSPS) is 11.4. The first kappa shape index (κ1) is 15.6. The van der Waals surface area contributed by atoms with Gasteiger partial charge in [0.15, 0.2) is 0 Å². The molecule has 0 saturated carbocycles. The summed E-state index contributed by atoms with van der Waals surface area (Å²) < 4.78 is 40.0. The van der Waals surface area contributed by atoms with E-state index < -0.39 is 15.8 Å². The Labute approximate surface area is 127 Å². The fourth-order valence-electron chi connectivity index (χ4n) is 1.92. The molecule has 0 aliphatic carbocycles. The highest BCUT2D eigenvalue weighted by Gasteiger charge is 2.21. The van der Waals surface area contributed by atoms with E-state index >= 15 is 0 Å². The summed E-state index contributed by atoms with van der Waals surface area (Å²) in [5, 5.41) is 9.82. The van der Waals surface area contributed by atoms with Gasteiger partial charge in [0.2, 0.25) is 0 Å². The van der Waals surface area contributed by atoms with Crippen molar-refractivity contribution in [2.75, 3.05) is 4.72 Å². The van der Waals surface area contributed by atoms with Gasteiger partial charge in [-0.15, -0.1) is 0 Å². The second-order valence-electron chi connectivity index (χ2n) is 4.66. The summed E-state index contributed by atoms with van der Waals surface area (Å²) in [7, 11) is -4.10. The van der Waals surface area contributed by atoms with Crippen molar-refractivity contribution in [2.45, 2.75) is 18.7 Å². The molecule has 0 saturated heterocycles. The maximum atomic E-state index is 13.2. The summed E-state index contributed by atoms with van der Waals surface area (Å²) in [6.07, 6.45) is 0. The van der Waals surface area contributed by atoms with Crippen LogP contribution < -0.4 is 4.72 Å². The maximum absolute atomic E-state index is 13.2. The number of aromatic hydroxyl groups is 1. The lowest BCUT2D eigenvalue weighted by Crippen LogP contribution is -2.14. The lowest BCUT2D eigenvalue weighted by molar-refractivity contribution is 0.473. The molecule has 2 N–H and O–H groups in total. The van der Waals surface area contributed by atoms with Gasteiger partial charge in [-0.25, -0.2) is 12.8 Å². The van der Waals surface area contributed by atoms with E-state index in [4.69, 9.17) is 11.6 Å². The number of benzene rings is 2. The fourth-order valence-corrected chi connectivity index (χ4v) is 3.49. The van der Waals surface area contributed by atoms with Crippen molar-refractivity contribution in [1.82, 2.24) is 0 Å². The zero-order chi connectivity index (χ0) is 15.8. The third-order valence-electron chi connectivity index (χ3n) is 2.87.